The molecule has 0 spiro atoms. The highest BCUT2D eigenvalue weighted by Gasteiger charge is 2.20. The second-order valence-corrected chi connectivity index (χ2v) is 10.9. The lowest BCUT2D eigenvalue weighted by molar-refractivity contribution is 0.394. The number of rotatable bonds is 13. The zero-order valence-electron chi connectivity index (χ0n) is 22.2. The van der Waals surface area contributed by atoms with E-state index < -0.39 is 10.0 Å². The van der Waals surface area contributed by atoms with E-state index in [1.165, 1.54) is 6.42 Å². The Morgan fingerprint density at radius 3 is 2.16 bits per heavy atom. The number of aryl methyl sites for hydroxylation is 1. The van der Waals surface area contributed by atoms with Gasteiger partial charge in [0.15, 0.2) is 0 Å². The number of unbranched alkanes of at least 4 members (excludes halogenated alkanes) is 2. The molecule has 0 aliphatic heterocycles. The zero-order chi connectivity index (χ0) is 27.0. The standard InChI is InChI=1S/C30H35N3O4S/c1-4-5-7-10-22-13-15-27(16-14-22)38(34,35)31-18-17-28-29(23-11-8-6-9-12-23)32-33-30(28)24-19-25(36-2)21-26(20-24)37-3/h6,8-9,11-16,19-21,31H,4-5,7,10,17-18H2,1-3H3,(H,32,33). The van der Waals surface area contributed by atoms with Crippen molar-refractivity contribution in [1.82, 2.24) is 14.9 Å². The van der Waals surface area contributed by atoms with Gasteiger partial charge < -0.3 is 9.47 Å². The number of hydrogen-bond donors (Lipinski definition) is 2. The van der Waals surface area contributed by atoms with Crippen molar-refractivity contribution < 1.29 is 17.9 Å². The second kappa shape index (κ2) is 12.8. The molecule has 0 atom stereocenters. The van der Waals surface area contributed by atoms with E-state index in [9.17, 15) is 8.42 Å². The molecule has 0 saturated heterocycles. The number of nitrogens with one attached hydrogen (secondary N) is 2. The molecule has 0 radical (unpaired) electrons. The summed E-state index contributed by atoms with van der Waals surface area (Å²) in [7, 11) is -0.446. The van der Waals surface area contributed by atoms with Gasteiger partial charge in [-0.1, -0.05) is 62.2 Å². The lowest BCUT2D eigenvalue weighted by Gasteiger charge is -2.11. The molecule has 4 rings (SSSR count). The van der Waals surface area contributed by atoms with Gasteiger partial charge in [-0.15, -0.1) is 0 Å². The van der Waals surface area contributed by atoms with Crippen molar-refractivity contribution in [3.8, 4) is 34.0 Å². The van der Waals surface area contributed by atoms with E-state index in [4.69, 9.17) is 9.47 Å². The smallest absolute Gasteiger partial charge is 0.240 e. The molecule has 0 aliphatic rings. The van der Waals surface area contributed by atoms with Gasteiger partial charge in [-0.25, -0.2) is 13.1 Å². The van der Waals surface area contributed by atoms with Crippen LogP contribution in [0.4, 0.5) is 0 Å². The monoisotopic (exact) mass is 533 g/mol. The number of hydrogen-bond acceptors (Lipinski definition) is 5. The highest BCUT2D eigenvalue weighted by Crippen LogP contribution is 2.34. The Morgan fingerprint density at radius 1 is 0.842 bits per heavy atom. The van der Waals surface area contributed by atoms with Crippen molar-refractivity contribution in [1.29, 1.82) is 0 Å². The van der Waals surface area contributed by atoms with Crippen LogP contribution in [0, 0.1) is 0 Å². The largest absolute Gasteiger partial charge is 0.497 e. The Morgan fingerprint density at radius 2 is 1.53 bits per heavy atom. The summed E-state index contributed by atoms with van der Waals surface area (Å²) >= 11 is 0. The summed E-state index contributed by atoms with van der Waals surface area (Å²) < 4.78 is 39.8. The fraction of sp³-hybridized carbons (Fsp3) is 0.300. The minimum absolute atomic E-state index is 0.216. The van der Waals surface area contributed by atoms with Gasteiger partial charge in [-0.05, 0) is 54.7 Å². The SMILES string of the molecule is CCCCCc1ccc(S(=O)(=O)NCCc2c(-c3cc(OC)cc(OC)c3)n[nH]c2-c2ccccc2)cc1. The summed E-state index contributed by atoms with van der Waals surface area (Å²) in [6.45, 7) is 2.39. The number of ether oxygens (including phenoxy) is 2. The van der Waals surface area contributed by atoms with Crippen molar-refractivity contribution in [2.24, 2.45) is 0 Å². The lowest BCUT2D eigenvalue weighted by atomic mass is 9.99. The second-order valence-electron chi connectivity index (χ2n) is 9.14. The van der Waals surface area contributed by atoms with Crippen LogP contribution in [0.5, 0.6) is 11.5 Å². The van der Waals surface area contributed by atoms with Crippen LogP contribution in [-0.4, -0.2) is 39.4 Å². The third kappa shape index (κ3) is 6.62. The van der Waals surface area contributed by atoms with E-state index in [0.717, 1.165) is 52.9 Å². The van der Waals surface area contributed by atoms with Crippen LogP contribution in [0.3, 0.4) is 0 Å². The van der Waals surface area contributed by atoms with E-state index in [1.54, 1.807) is 32.4 Å². The third-order valence-electron chi connectivity index (χ3n) is 6.52. The molecule has 1 heterocycles. The van der Waals surface area contributed by atoms with Gasteiger partial charge in [-0.2, -0.15) is 5.10 Å². The van der Waals surface area contributed by atoms with Crippen LogP contribution in [0.1, 0.15) is 37.3 Å². The van der Waals surface area contributed by atoms with Crippen LogP contribution in [-0.2, 0) is 22.9 Å². The summed E-state index contributed by atoms with van der Waals surface area (Å²) in [4.78, 5) is 0.268. The first kappa shape index (κ1) is 27.4. The molecule has 7 nitrogen and oxygen atoms in total. The van der Waals surface area contributed by atoms with Crippen molar-refractivity contribution in [2.75, 3.05) is 20.8 Å². The van der Waals surface area contributed by atoms with Gasteiger partial charge in [0.05, 0.1) is 30.5 Å². The fourth-order valence-electron chi connectivity index (χ4n) is 4.44. The van der Waals surface area contributed by atoms with E-state index in [1.807, 2.05) is 54.6 Å². The quantitative estimate of drug-likeness (QED) is 0.205. The van der Waals surface area contributed by atoms with Gasteiger partial charge in [0.1, 0.15) is 11.5 Å². The molecule has 0 amide bonds. The third-order valence-corrected chi connectivity index (χ3v) is 8.00. The number of nitrogens with zero attached hydrogens (tertiary/aromatic N) is 1. The molecule has 0 fully saturated rings. The van der Waals surface area contributed by atoms with Crippen LogP contribution in [0.25, 0.3) is 22.5 Å². The molecular formula is C30H35N3O4S. The number of sulfonamides is 1. The van der Waals surface area contributed by atoms with Gasteiger partial charge in [0.2, 0.25) is 10.0 Å². The molecule has 1 aromatic heterocycles. The van der Waals surface area contributed by atoms with Crippen molar-refractivity contribution in [3.05, 3.63) is 83.9 Å². The molecule has 0 aliphatic carbocycles. The van der Waals surface area contributed by atoms with Crippen molar-refractivity contribution in [2.45, 2.75) is 43.9 Å². The average molecular weight is 534 g/mol. The van der Waals surface area contributed by atoms with Crippen LogP contribution in [0.2, 0.25) is 0 Å². The first-order valence-electron chi connectivity index (χ1n) is 12.9. The molecular weight excluding hydrogens is 498 g/mol. The minimum atomic E-state index is -3.65. The average Bonchev–Trinajstić information content (AvgIpc) is 3.37. The van der Waals surface area contributed by atoms with Crippen LogP contribution >= 0.6 is 0 Å². The molecule has 200 valence electrons. The maximum absolute atomic E-state index is 13.0. The fourth-order valence-corrected chi connectivity index (χ4v) is 5.48. The van der Waals surface area contributed by atoms with E-state index in [-0.39, 0.29) is 11.4 Å². The Labute approximate surface area is 225 Å². The maximum atomic E-state index is 13.0. The molecule has 0 unspecified atom stereocenters. The molecule has 2 N–H and O–H groups in total. The predicted molar refractivity (Wildman–Crippen MR) is 151 cm³/mol. The zero-order valence-corrected chi connectivity index (χ0v) is 23.0. The normalized spacial score (nSPS) is 11.4. The Hall–Kier alpha value is -3.62. The van der Waals surface area contributed by atoms with Gasteiger partial charge in [-0.3, -0.25) is 5.10 Å². The molecule has 0 saturated carbocycles. The molecule has 4 aromatic rings. The summed E-state index contributed by atoms with van der Waals surface area (Å²) in [5, 5.41) is 7.78. The van der Waals surface area contributed by atoms with Gasteiger partial charge in [0, 0.05) is 23.7 Å². The minimum Gasteiger partial charge on any atom is -0.497 e. The highest BCUT2D eigenvalue weighted by atomic mass is 32.2. The topological polar surface area (TPSA) is 93.3 Å². The van der Waals surface area contributed by atoms with E-state index >= 15 is 0 Å². The van der Waals surface area contributed by atoms with Crippen LogP contribution in [0.15, 0.2) is 77.7 Å². The molecule has 3 aromatic carbocycles. The summed E-state index contributed by atoms with van der Waals surface area (Å²) in [5.74, 6) is 1.29. The summed E-state index contributed by atoms with van der Waals surface area (Å²) in [5.41, 5.74) is 5.41. The van der Waals surface area contributed by atoms with Gasteiger partial charge in [0.25, 0.3) is 0 Å². The summed E-state index contributed by atoms with van der Waals surface area (Å²) in [6, 6.07) is 22.6. The van der Waals surface area contributed by atoms with Crippen LogP contribution < -0.4 is 14.2 Å². The molecule has 8 heteroatoms. The first-order chi connectivity index (χ1) is 18.4. The number of methoxy groups -OCH3 is 2. The number of H-pyrrole nitrogens is 1. The Kier molecular flexibility index (Phi) is 9.20. The van der Waals surface area contributed by atoms with E-state index in [0.29, 0.717) is 17.9 Å². The predicted octanol–water partition coefficient (Wildman–Crippen LogP) is 6.01. The number of benzene rings is 3. The Bertz CT molecular complexity index is 1410. The van der Waals surface area contributed by atoms with Crippen molar-refractivity contribution in [3.63, 3.8) is 0 Å². The Balaban J connectivity index is 1.57. The van der Waals surface area contributed by atoms with Gasteiger partial charge >= 0.3 is 0 Å². The number of aromatic amines is 1. The molecule has 38 heavy (non-hydrogen) atoms. The summed E-state index contributed by atoms with van der Waals surface area (Å²) in [6.07, 6.45) is 4.83. The molecule has 0 bridgehead atoms. The highest BCUT2D eigenvalue weighted by molar-refractivity contribution is 7.89. The first-order valence-corrected chi connectivity index (χ1v) is 14.4. The number of aromatic nitrogens is 2. The lowest BCUT2D eigenvalue weighted by Crippen LogP contribution is -2.26. The maximum Gasteiger partial charge on any atom is 0.240 e. The van der Waals surface area contributed by atoms with E-state index in [2.05, 4.69) is 21.8 Å². The van der Waals surface area contributed by atoms with Crippen molar-refractivity contribution >= 4 is 10.0 Å².